The number of aromatic nitrogens is 1. The van der Waals surface area contributed by atoms with Crippen molar-refractivity contribution in [3.63, 3.8) is 0 Å². The van der Waals surface area contributed by atoms with E-state index >= 15 is 0 Å². The van der Waals surface area contributed by atoms with Crippen LogP contribution >= 0.6 is 11.8 Å². The average molecular weight is 327 g/mol. The van der Waals surface area contributed by atoms with Crippen LogP contribution in [0.3, 0.4) is 0 Å². The molecule has 0 N–H and O–H groups in total. The Hall–Kier alpha value is -1.52. The van der Waals surface area contributed by atoms with Crippen LogP contribution in [0, 0.1) is 0 Å². The highest BCUT2D eigenvalue weighted by Crippen LogP contribution is 2.46. The Balaban J connectivity index is 1.89. The van der Waals surface area contributed by atoms with Crippen LogP contribution in [0.15, 0.2) is 52.4 Å². The van der Waals surface area contributed by atoms with Crippen LogP contribution in [0.25, 0.3) is 0 Å². The van der Waals surface area contributed by atoms with Crippen molar-refractivity contribution < 1.29 is 0 Å². The van der Waals surface area contributed by atoms with Gasteiger partial charge in [-0.05, 0) is 52.0 Å². The van der Waals surface area contributed by atoms with Gasteiger partial charge in [0.2, 0.25) is 0 Å². The monoisotopic (exact) mass is 327 g/mol. The lowest BCUT2D eigenvalue weighted by molar-refractivity contribution is 0.180. The molecule has 0 saturated carbocycles. The van der Waals surface area contributed by atoms with E-state index in [1.165, 1.54) is 15.5 Å². The molecule has 3 rings (SSSR count). The van der Waals surface area contributed by atoms with Crippen LogP contribution < -0.4 is 4.90 Å². The number of hydrogen-bond donors (Lipinski definition) is 0. The summed E-state index contributed by atoms with van der Waals surface area (Å²) in [5, 5.41) is 0. The van der Waals surface area contributed by atoms with Gasteiger partial charge in [-0.3, -0.25) is 4.90 Å². The fraction of sp³-hybridized carbons (Fsp3) is 0.421. The van der Waals surface area contributed by atoms with Crippen molar-refractivity contribution in [1.29, 1.82) is 0 Å². The van der Waals surface area contributed by atoms with Crippen LogP contribution in [-0.4, -0.2) is 35.1 Å². The molecule has 23 heavy (non-hydrogen) atoms. The highest BCUT2D eigenvalue weighted by molar-refractivity contribution is 7.99. The van der Waals surface area contributed by atoms with Gasteiger partial charge in [-0.15, -0.1) is 0 Å². The molecule has 122 valence electrons. The minimum atomic E-state index is 0.549. The third-order valence-corrected chi connectivity index (χ3v) is 5.39. The van der Waals surface area contributed by atoms with Crippen molar-refractivity contribution >= 4 is 23.3 Å². The van der Waals surface area contributed by atoms with Gasteiger partial charge in [0.25, 0.3) is 0 Å². The van der Waals surface area contributed by atoms with Gasteiger partial charge in [0.05, 0.1) is 10.6 Å². The zero-order chi connectivity index (χ0) is 16.4. The van der Waals surface area contributed by atoms with Crippen molar-refractivity contribution in [3.05, 3.63) is 42.6 Å². The van der Waals surface area contributed by atoms with E-state index in [1.54, 1.807) is 0 Å². The molecular formula is C19H25N3S. The molecule has 0 amide bonds. The maximum atomic E-state index is 4.65. The lowest BCUT2D eigenvalue weighted by atomic mass is 10.2. The first-order valence-corrected chi connectivity index (χ1v) is 9.14. The fourth-order valence-corrected chi connectivity index (χ4v) is 4.29. The standard InChI is InChI=1S/C19H25N3S/c1-14(2)21(15(3)4)12-13-22-16-8-5-6-9-17(16)23-18-10-7-11-20-19(18)22/h5-11,14-15H,12-13H2,1-4H3. The first-order chi connectivity index (χ1) is 11.1. The topological polar surface area (TPSA) is 19.4 Å². The number of pyridine rings is 1. The number of rotatable bonds is 5. The molecule has 1 aromatic carbocycles. The molecule has 4 heteroatoms. The normalized spacial score (nSPS) is 13.6. The highest BCUT2D eigenvalue weighted by atomic mass is 32.2. The molecule has 0 aliphatic carbocycles. The lowest BCUT2D eigenvalue weighted by Gasteiger charge is -2.36. The Morgan fingerprint density at radius 2 is 1.70 bits per heavy atom. The Morgan fingerprint density at radius 1 is 1.00 bits per heavy atom. The Morgan fingerprint density at radius 3 is 2.43 bits per heavy atom. The molecular weight excluding hydrogens is 302 g/mol. The van der Waals surface area contributed by atoms with Crippen LogP contribution in [0.1, 0.15) is 27.7 Å². The van der Waals surface area contributed by atoms with Crippen LogP contribution in [0.2, 0.25) is 0 Å². The second kappa shape index (κ2) is 6.93. The maximum Gasteiger partial charge on any atom is 0.147 e. The summed E-state index contributed by atoms with van der Waals surface area (Å²) in [6.07, 6.45) is 1.89. The van der Waals surface area contributed by atoms with E-state index in [2.05, 4.69) is 72.8 Å². The lowest BCUT2D eigenvalue weighted by Crippen LogP contribution is -2.42. The smallest absolute Gasteiger partial charge is 0.147 e. The number of hydrogen-bond acceptors (Lipinski definition) is 4. The van der Waals surface area contributed by atoms with E-state index in [0.717, 1.165) is 18.9 Å². The van der Waals surface area contributed by atoms with Gasteiger partial charge in [0.1, 0.15) is 5.82 Å². The molecule has 0 radical (unpaired) electrons. The minimum absolute atomic E-state index is 0.549. The van der Waals surface area contributed by atoms with E-state index < -0.39 is 0 Å². The first kappa shape index (κ1) is 16.3. The van der Waals surface area contributed by atoms with Crippen molar-refractivity contribution in [2.45, 2.75) is 49.6 Å². The number of anilines is 2. The number of fused-ring (bicyclic) bond motifs is 2. The van der Waals surface area contributed by atoms with Gasteiger partial charge in [0, 0.05) is 36.3 Å². The summed E-state index contributed by atoms with van der Waals surface area (Å²) in [6.45, 7) is 11.1. The van der Waals surface area contributed by atoms with E-state index in [0.29, 0.717) is 12.1 Å². The molecule has 0 spiro atoms. The predicted octanol–water partition coefficient (Wildman–Crippen LogP) is 4.80. The quantitative estimate of drug-likeness (QED) is 0.785. The zero-order valence-corrected chi connectivity index (χ0v) is 15.2. The summed E-state index contributed by atoms with van der Waals surface area (Å²) in [4.78, 5) is 12.1. The highest BCUT2D eigenvalue weighted by Gasteiger charge is 2.25. The Bertz CT molecular complexity index is 616. The molecule has 2 heterocycles. The second-order valence-electron chi connectivity index (χ2n) is 6.47. The molecule has 0 atom stereocenters. The molecule has 1 aliphatic heterocycles. The van der Waals surface area contributed by atoms with Gasteiger partial charge < -0.3 is 4.90 Å². The van der Waals surface area contributed by atoms with E-state index in [9.17, 15) is 0 Å². The van der Waals surface area contributed by atoms with Crippen LogP contribution in [-0.2, 0) is 0 Å². The molecule has 0 unspecified atom stereocenters. The molecule has 1 aliphatic rings. The SMILES string of the molecule is CC(C)N(CCN1c2ccccc2Sc2cccnc21)C(C)C. The van der Waals surface area contributed by atoms with Crippen molar-refractivity contribution in [3.8, 4) is 0 Å². The van der Waals surface area contributed by atoms with Crippen LogP contribution in [0.5, 0.6) is 0 Å². The predicted molar refractivity (Wildman–Crippen MR) is 98.8 cm³/mol. The van der Waals surface area contributed by atoms with E-state index in [-0.39, 0.29) is 0 Å². The number of benzene rings is 1. The van der Waals surface area contributed by atoms with Gasteiger partial charge >= 0.3 is 0 Å². The van der Waals surface area contributed by atoms with Gasteiger partial charge in [-0.2, -0.15) is 0 Å². The fourth-order valence-electron chi connectivity index (χ4n) is 3.22. The Kier molecular flexibility index (Phi) is 4.93. The minimum Gasteiger partial charge on any atom is -0.323 e. The molecule has 0 bridgehead atoms. The van der Waals surface area contributed by atoms with Crippen molar-refractivity contribution in [2.24, 2.45) is 0 Å². The number of para-hydroxylation sites is 1. The van der Waals surface area contributed by atoms with Crippen LogP contribution in [0.4, 0.5) is 11.5 Å². The maximum absolute atomic E-state index is 4.65. The second-order valence-corrected chi connectivity index (χ2v) is 7.56. The van der Waals surface area contributed by atoms with Gasteiger partial charge in [-0.1, -0.05) is 23.9 Å². The average Bonchev–Trinajstić information content (AvgIpc) is 2.53. The summed E-state index contributed by atoms with van der Waals surface area (Å²) in [5.41, 5.74) is 1.27. The van der Waals surface area contributed by atoms with Gasteiger partial charge in [0.15, 0.2) is 0 Å². The third kappa shape index (κ3) is 3.38. The zero-order valence-electron chi connectivity index (χ0n) is 14.4. The number of nitrogens with zero attached hydrogens (tertiary/aromatic N) is 3. The molecule has 0 saturated heterocycles. The van der Waals surface area contributed by atoms with Gasteiger partial charge in [-0.25, -0.2) is 4.98 Å². The van der Waals surface area contributed by atoms with E-state index in [1.807, 2.05) is 24.0 Å². The summed E-state index contributed by atoms with van der Waals surface area (Å²) in [7, 11) is 0. The largest absolute Gasteiger partial charge is 0.323 e. The molecule has 2 aromatic rings. The summed E-state index contributed by atoms with van der Waals surface area (Å²) in [5.74, 6) is 1.09. The summed E-state index contributed by atoms with van der Waals surface area (Å²) < 4.78 is 0. The van der Waals surface area contributed by atoms with E-state index in [4.69, 9.17) is 0 Å². The molecule has 3 nitrogen and oxygen atoms in total. The third-order valence-electron chi connectivity index (χ3n) is 4.29. The van der Waals surface area contributed by atoms with Crippen molar-refractivity contribution in [2.75, 3.05) is 18.0 Å². The van der Waals surface area contributed by atoms with Crippen molar-refractivity contribution in [1.82, 2.24) is 9.88 Å². The molecule has 1 aromatic heterocycles. The Labute approximate surface area is 143 Å². The summed E-state index contributed by atoms with van der Waals surface area (Å²) in [6, 6.07) is 13.9. The molecule has 0 fully saturated rings. The first-order valence-electron chi connectivity index (χ1n) is 8.33. The summed E-state index contributed by atoms with van der Waals surface area (Å²) >= 11 is 1.82.